The Balaban J connectivity index is 2.13. The molecular formula is C15H14N2O2. The molecule has 0 saturated heterocycles. The average Bonchev–Trinajstić information content (AvgIpc) is 2.47. The van der Waals surface area contributed by atoms with Gasteiger partial charge in [0.2, 0.25) is 0 Å². The Labute approximate surface area is 112 Å². The highest BCUT2D eigenvalue weighted by Crippen LogP contribution is 2.28. The maximum absolute atomic E-state index is 8.87. The van der Waals surface area contributed by atoms with E-state index >= 15 is 0 Å². The molecule has 0 aliphatic rings. The van der Waals surface area contributed by atoms with E-state index in [9.17, 15) is 0 Å². The van der Waals surface area contributed by atoms with Gasteiger partial charge >= 0.3 is 0 Å². The summed E-state index contributed by atoms with van der Waals surface area (Å²) < 4.78 is 11.2. The van der Waals surface area contributed by atoms with Gasteiger partial charge in [0, 0.05) is 24.0 Å². The SMILES string of the molecule is CCOc1cc(C#N)ccc1OCc1cccnc1. The molecule has 0 spiro atoms. The van der Waals surface area contributed by atoms with E-state index in [-0.39, 0.29) is 0 Å². The van der Waals surface area contributed by atoms with Gasteiger partial charge in [-0.3, -0.25) is 4.98 Å². The Morgan fingerprint density at radius 2 is 2.11 bits per heavy atom. The van der Waals surface area contributed by atoms with Crippen molar-refractivity contribution >= 4 is 0 Å². The molecule has 2 rings (SSSR count). The molecule has 1 aromatic heterocycles. The Hall–Kier alpha value is -2.54. The van der Waals surface area contributed by atoms with E-state index in [1.807, 2.05) is 19.1 Å². The van der Waals surface area contributed by atoms with Crippen LogP contribution >= 0.6 is 0 Å². The average molecular weight is 254 g/mol. The molecule has 0 radical (unpaired) electrons. The molecule has 96 valence electrons. The molecule has 0 atom stereocenters. The summed E-state index contributed by atoms with van der Waals surface area (Å²) in [7, 11) is 0. The molecule has 0 unspecified atom stereocenters. The van der Waals surface area contributed by atoms with Crippen LogP contribution in [0.2, 0.25) is 0 Å². The van der Waals surface area contributed by atoms with Crippen LogP contribution in [0.15, 0.2) is 42.7 Å². The fourth-order valence-corrected chi connectivity index (χ4v) is 1.61. The van der Waals surface area contributed by atoms with E-state index < -0.39 is 0 Å². The Bertz CT molecular complexity index is 576. The lowest BCUT2D eigenvalue weighted by Gasteiger charge is -2.11. The summed E-state index contributed by atoms with van der Waals surface area (Å²) in [5.74, 6) is 1.22. The summed E-state index contributed by atoms with van der Waals surface area (Å²) in [5.41, 5.74) is 1.53. The molecule has 4 heteroatoms. The predicted molar refractivity (Wildman–Crippen MR) is 70.9 cm³/mol. The van der Waals surface area contributed by atoms with Gasteiger partial charge in [0.25, 0.3) is 0 Å². The number of nitrogens with zero attached hydrogens (tertiary/aromatic N) is 2. The first kappa shape index (κ1) is 12.9. The Kier molecular flexibility index (Phi) is 4.35. The summed E-state index contributed by atoms with van der Waals surface area (Å²) >= 11 is 0. The van der Waals surface area contributed by atoms with Crippen LogP contribution in [0.25, 0.3) is 0 Å². The molecule has 4 nitrogen and oxygen atoms in total. The maximum Gasteiger partial charge on any atom is 0.162 e. The van der Waals surface area contributed by atoms with E-state index in [1.54, 1.807) is 30.6 Å². The van der Waals surface area contributed by atoms with Crippen LogP contribution in [0.5, 0.6) is 11.5 Å². The van der Waals surface area contributed by atoms with Crippen molar-refractivity contribution in [1.82, 2.24) is 4.98 Å². The largest absolute Gasteiger partial charge is 0.490 e. The van der Waals surface area contributed by atoms with Crippen molar-refractivity contribution in [3.8, 4) is 17.6 Å². The monoisotopic (exact) mass is 254 g/mol. The lowest BCUT2D eigenvalue weighted by Crippen LogP contribution is -2.00. The van der Waals surface area contributed by atoms with Crippen LogP contribution in [0.4, 0.5) is 0 Å². The topological polar surface area (TPSA) is 55.1 Å². The van der Waals surface area contributed by atoms with E-state index in [2.05, 4.69) is 11.1 Å². The van der Waals surface area contributed by atoms with Crippen molar-refractivity contribution in [2.45, 2.75) is 13.5 Å². The number of nitriles is 1. The van der Waals surface area contributed by atoms with Crippen molar-refractivity contribution in [3.63, 3.8) is 0 Å². The molecule has 0 bridgehead atoms. The van der Waals surface area contributed by atoms with Crippen molar-refractivity contribution in [1.29, 1.82) is 5.26 Å². The van der Waals surface area contributed by atoms with Gasteiger partial charge in [0.15, 0.2) is 11.5 Å². The molecule has 0 aliphatic carbocycles. The lowest BCUT2D eigenvalue weighted by atomic mass is 10.2. The number of hydrogen-bond acceptors (Lipinski definition) is 4. The van der Waals surface area contributed by atoms with Crippen LogP contribution in [0.3, 0.4) is 0 Å². The summed E-state index contributed by atoms with van der Waals surface area (Å²) in [6.45, 7) is 2.84. The number of aromatic nitrogens is 1. The normalized spacial score (nSPS) is 9.68. The van der Waals surface area contributed by atoms with Crippen LogP contribution in [0.1, 0.15) is 18.1 Å². The van der Waals surface area contributed by atoms with Crippen molar-refractivity contribution in [2.75, 3.05) is 6.61 Å². The van der Waals surface area contributed by atoms with Crippen LogP contribution < -0.4 is 9.47 Å². The van der Waals surface area contributed by atoms with Gasteiger partial charge in [-0.25, -0.2) is 0 Å². The summed E-state index contributed by atoms with van der Waals surface area (Å²) in [4.78, 5) is 4.03. The van der Waals surface area contributed by atoms with Crippen LogP contribution in [-0.2, 0) is 6.61 Å². The van der Waals surface area contributed by atoms with Gasteiger partial charge in [-0.1, -0.05) is 6.07 Å². The first-order valence-electron chi connectivity index (χ1n) is 6.02. The minimum Gasteiger partial charge on any atom is -0.490 e. The second-order valence-corrected chi connectivity index (χ2v) is 3.86. The van der Waals surface area contributed by atoms with Crippen LogP contribution in [0, 0.1) is 11.3 Å². The molecule has 0 fully saturated rings. The lowest BCUT2D eigenvalue weighted by molar-refractivity contribution is 0.269. The number of benzene rings is 1. The molecular weight excluding hydrogens is 240 g/mol. The number of hydrogen-bond donors (Lipinski definition) is 0. The summed E-state index contributed by atoms with van der Waals surface area (Å²) in [5, 5.41) is 8.87. The van der Waals surface area contributed by atoms with Crippen molar-refractivity contribution < 1.29 is 9.47 Å². The smallest absolute Gasteiger partial charge is 0.162 e. The third kappa shape index (κ3) is 3.46. The first-order valence-corrected chi connectivity index (χ1v) is 6.02. The molecule has 0 N–H and O–H groups in total. The number of ether oxygens (including phenoxy) is 2. The van der Waals surface area contributed by atoms with Crippen molar-refractivity contribution in [3.05, 3.63) is 53.9 Å². The molecule has 1 heterocycles. The van der Waals surface area contributed by atoms with Crippen LogP contribution in [-0.4, -0.2) is 11.6 Å². The third-order valence-electron chi connectivity index (χ3n) is 2.49. The summed E-state index contributed by atoms with van der Waals surface area (Å²) in [6, 6.07) is 11.0. The molecule has 0 aliphatic heterocycles. The van der Waals surface area contributed by atoms with E-state index in [0.29, 0.717) is 30.3 Å². The standard InChI is InChI=1S/C15H14N2O2/c1-2-18-15-8-12(9-16)5-6-14(15)19-11-13-4-3-7-17-10-13/h3-8,10H,2,11H2,1H3. The van der Waals surface area contributed by atoms with E-state index in [0.717, 1.165) is 5.56 Å². The Morgan fingerprint density at radius 3 is 2.79 bits per heavy atom. The van der Waals surface area contributed by atoms with Gasteiger partial charge in [-0.2, -0.15) is 5.26 Å². The highest BCUT2D eigenvalue weighted by atomic mass is 16.5. The molecule has 0 amide bonds. The number of pyridine rings is 1. The zero-order valence-electron chi connectivity index (χ0n) is 10.7. The molecule has 19 heavy (non-hydrogen) atoms. The van der Waals surface area contributed by atoms with Crippen molar-refractivity contribution in [2.24, 2.45) is 0 Å². The predicted octanol–water partition coefficient (Wildman–Crippen LogP) is 2.93. The van der Waals surface area contributed by atoms with Gasteiger partial charge in [-0.05, 0) is 25.1 Å². The highest BCUT2D eigenvalue weighted by Gasteiger charge is 2.06. The fraction of sp³-hybridized carbons (Fsp3) is 0.200. The minimum atomic E-state index is 0.416. The second-order valence-electron chi connectivity index (χ2n) is 3.86. The minimum absolute atomic E-state index is 0.416. The second kappa shape index (κ2) is 6.41. The quantitative estimate of drug-likeness (QED) is 0.823. The highest BCUT2D eigenvalue weighted by molar-refractivity contribution is 5.46. The van der Waals surface area contributed by atoms with E-state index in [1.165, 1.54) is 0 Å². The zero-order valence-corrected chi connectivity index (χ0v) is 10.7. The number of rotatable bonds is 5. The third-order valence-corrected chi connectivity index (χ3v) is 2.49. The summed E-state index contributed by atoms with van der Waals surface area (Å²) in [6.07, 6.45) is 3.47. The van der Waals surface area contributed by atoms with Gasteiger partial charge in [-0.15, -0.1) is 0 Å². The van der Waals surface area contributed by atoms with E-state index in [4.69, 9.17) is 14.7 Å². The maximum atomic E-state index is 8.87. The van der Waals surface area contributed by atoms with Gasteiger partial charge < -0.3 is 9.47 Å². The first-order chi connectivity index (χ1) is 9.33. The van der Waals surface area contributed by atoms with Gasteiger partial charge in [0.1, 0.15) is 6.61 Å². The molecule has 1 aromatic carbocycles. The molecule has 0 saturated carbocycles. The molecule has 2 aromatic rings. The zero-order chi connectivity index (χ0) is 13.5. The fourth-order valence-electron chi connectivity index (χ4n) is 1.61. The van der Waals surface area contributed by atoms with Gasteiger partial charge in [0.05, 0.1) is 18.2 Å². The Morgan fingerprint density at radius 1 is 1.21 bits per heavy atom.